The van der Waals surface area contributed by atoms with Crippen LogP contribution in [-0.2, 0) is 16.1 Å². The Morgan fingerprint density at radius 1 is 1.00 bits per heavy atom. The molecule has 7 nitrogen and oxygen atoms in total. The smallest absolute Gasteiger partial charge is 0.261 e. The molecule has 2 heterocycles. The van der Waals surface area contributed by atoms with Crippen LogP contribution in [0, 0.1) is 12.8 Å². The Morgan fingerprint density at radius 2 is 1.66 bits per heavy atom. The second-order valence-corrected chi connectivity index (χ2v) is 8.11. The van der Waals surface area contributed by atoms with Crippen LogP contribution in [0.2, 0.25) is 0 Å². The van der Waals surface area contributed by atoms with Gasteiger partial charge in [0.05, 0.1) is 10.9 Å². The average Bonchev–Trinajstić information content (AvgIpc) is 2.76. The normalized spacial score (nSPS) is 18.2. The molecular formula is C22H28N4O3. The van der Waals surface area contributed by atoms with Gasteiger partial charge in [-0.1, -0.05) is 31.4 Å². The van der Waals surface area contributed by atoms with E-state index in [1.807, 2.05) is 11.0 Å². The molecule has 1 saturated carbocycles. The summed E-state index contributed by atoms with van der Waals surface area (Å²) in [5, 5.41) is 0.522. The third-order valence-corrected chi connectivity index (χ3v) is 6.24. The third kappa shape index (κ3) is 4.04. The molecule has 1 saturated heterocycles. The highest BCUT2D eigenvalue weighted by molar-refractivity contribution is 5.81. The standard InChI is InChI=1S/C22H28N4O3/c1-16-23-19-10-6-5-9-18(19)22(29)26(16)15-20(27)24-11-13-25(14-12-24)21(28)17-7-3-2-4-8-17/h5-6,9-10,17H,2-4,7-8,11-15H2,1H3. The van der Waals surface area contributed by atoms with E-state index in [-0.39, 0.29) is 29.8 Å². The lowest BCUT2D eigenvalue weighted by Crippen LogP contribution is -2.53. The number of hydrogen-bond donors (Lipinski definition) is 0. The summed E-state index contributed by atoms with van der Waals surface area (Å²) < 4.78 is 1.45. The quantitative estimate of drug-likeness (QED) is 0.795. The van der Waals surface area contributed by atoms with E-state index in [4.69, 9.17) is 0 Å². The Bertz CT molecular complexity index is 970. The Hall–Kier alpha value is -2.70. The first kappa shape index (κ1) is 19.6. The van der Waals surface area contributed by atoms with Crippen molar-refractivity contribution in [2.24, 2.45) is 5.92 Å². The number of nitrogens with zero attached hydrogens (tertiary/aromatic N) is 4. The predicted octanol–water partition coefficient (Wildman–Crippen LogP) is 1.96. The first-order chi connectivity index (χ1) is 14.0. The lowest BCUT2D eigenvalue weighted by Gasteiger charge is -2.37. The number of hydrogen-bond acceptors (Lipinski definition) is 4. The summed E-state index contributed by atoms with van der Waals surface area (Å²) in [5.41, 5.74) is 0.459. The van der Waals surface area contributed by atoms with Crippen molar-refractivity contribution in [3.63, 3.8) is 0 Å². The molecule has 29 heavy (non-hydrogen) atoms. The van der Waals surface area contributed by atoms with Crippen molar-refractivity contribution >= 4 is 22.7 Å². The first-order valence-electron chi connectivity index (χ1n) is 10.6. The number of carbonyl (C=O) groups is 2. The predicted molar refractivity (Wildman–Crippen MR) is 110 cm³/mol. The van der Waals surface area contributed by atoms with E-state index < -0.39 is 0 Å². The Labute approximate surface area is 170 Å². The molecule has 1 aliphatic carbocycles. The molecule has 1 aromatic heterocycles. The third-order valence-electron chi connectivity index (χ3n) is 6.24. The van der Waals surface area contributed by atoms with Crippen LogP contribution in [0.5, 0.6) is 0 Å². The number of benzene rings is 1. The molecule has 0 spiro atoms. The van der Waals surface area contributed by atoms with Crippen LogP contribution in [0.25, 0.3) is 10.9 Å². The molecule has 1 aromatic carbocycles. The van der Waals surface area contributed by atoms with Crippen LogP contribution in [0.3, 0.4) is 0 Å². The van der Waals surface area contributed by atoms with E-state index in [1.165, 1.54) is 11.0 Å². The van der Waals surface area contributed by atoms with E-state index in [9.17, 15) is 14.4 Å². The number of fused-ring (bicyclic) bond motifs is 1. The van der Waals surface area contributed by atoms with Gasteiger partial charge >= 0.3 is 0 Å². The lowest BCUT2D eigenvalue weighted by molar-refractivity contribution is -0.143. The molecule has 2 amide bonds. The molecule has 1 aliphatic heterocycles. The summed E-state index contributed by atoms with van der Waals surface area (Å²) in [6, 6.07) is 7.19. The fourth-order valence-electron chi connectivity index (χ4n) is 4.48. The number of carbonyl (C=O) groups excluding carboxylic acids is 2. The summed E-state index contributed by atoms with van der Waals surface area (Å²) in [6.45, 7) is 3.93. The molecule has 2 aromatic rings. The van der Waals surface area contributed by atoms with Gasteiger partial charge in [0.2, 0.25) is 11.8 Å². The molecule has 7 heteroatoms. The number of piperazine rings is 1. The van der Waals surface area contributed by atoms with Crippen molar-refractivity contribution in [2.45, 2.75) is 45.6 Å². The van der Waals surface area contributed by atoms with Crippen LogP contribution in [0.15, 0.2) is 29.1 Å². The molecule has 4 rings (SSSR count). The zero-order chi connectivity index (χ0) is 20.4. The molecular weight excluding hydrogens is 368 g/mol. The Balaban J connectivity index is 1.40. The molecule has 0 unspecified atom stereocenters. The molecule has 0 atom stereocenters. The van der Waals surface area contributed by atoms with E-state index >= 15 is 0 Å². The largest absolute Gasteiger partial charge is 0.339 e. The first-order valence-corrected chi connectivity index (χ1v) is 10.6. The van der Waals surface area contributed by atoms with Gasteiger partial charge in [-0.3, -0.25) is 19.0 Å². The zero-order valence-electron chi connectivity index (χ0n) is 17.0. The van der Waals surface area contributed by atoms with Gasteiger partial charge < -0.3 is 9.80 Å². The summed E-state index contributed by atoms with van der Waals surface area (Å²) in [6.07, 6.45) is 5.50. The summed E-state index contributed by atoms with van der Waals surface area (Å²) in [7, 11) is 0. The summed E-state index contributed by atoms with van der Waals surface area (Å²) in [5.74, 6) is 0.851. The second kappa shape index (κ2) is 8.35. The van der Waals surface area contributed by atoms with Gasteiger partial charge in [-0.2, -0.15) is 0 Å². The Kier molecular flexibility index (Phi) is 5.65. The van der Waals surface area contributed by atoms with Gasteiger partial charge in [-0.25, -0.2) is 4.98 Å². The Morgan fingerprint density at radius 3 is 2.38 bits per heavy atom. The molecule has 2 fully saturated rings. The van der Waals surface area contributed by atoms with Crippen LogP contribution < -0.4 is 5.56 Å². The maximum absolute atomic E-state index is 12.8. The monoisotopic (exact) mass is 396 g/mol. The van der Waals surface area contributed by atoms with Gasteiger partial charge in [0, 0.05) is 32.1 Å². The van der Waals surface area contributed by atoms with Crippen molar-refractivity contribution in [3.8, 4) is 0 Å². The van der Waals surface area contributed by atoms with Crippen LogP contribution >= 0.6 is 0 Å². The minimum Gasteiger partial charge on any atom is -0.339 e. The minimum absolute atomic E-state index is 0.0148. The van der Waals surface area contributed by atoms with Crippen LogP contribution in [0.4, 0.5) is 0 Å². The fourth-order valence-corrected chi connectivity index (χ4v) is 4.48. The number of rotatable bonds is 3. The van der Waals surface area contributed by atoms with Crippen molar-refractivity contribution in [1.29, 1.82) is 0 Å². The summed E-state index contributed by atoms with van der Waals surface area (Å²) >= 11 is 0. The van der Waals surface area contributed by atoms with E-state index in [0.29, 0.717) is 42.9 Å². The SMILES string of the molecule is Cc1nc2ccccc2c(=O)n1CC(=O)N1CCN(C(=O)C2CCCCC2)CC1. The molecule has 0 N–H and O–H groups in total. The second-order valence-electron chi connectivity index (χ2n) is 8.11. The lowest BCUT2D eigenvalue weighted by atomic mass is 9.88. The molecule has 0 radical (unpaired) electrons. The van der Waals surface area contributed by atoms with Gasteiger partial charge in [-0.15, -0.1) is 0 Å². The highest BCUT2D eigenvalue weighted by Crippen LogP contribution is 2.25. The van der Waals surface area contributed by atoms with Crippen molar-refractivity contribution in [2.75, 3.05) is 26.2 Å². The van der Waals surface area contributed by atoms with Gasteiger partial charge in [-0.05, 0) is 31.9 Å². The summed E-state index contributed by atoms with van der Waals surface area (Å²) in [4.78, 5) is 46.4. The van der Waals surface area contributed by atoms with Gasteiger partial charge in [0.25, 0.3) is 5.56 Å². The topological polar surface area (TPSA) is 75.5 Å². The fraction of sp³-hybridized carbons (Fsp3) is 0.545. The van der Waals surface area contributed by atoms with E-state index in [0.717, 1.165) is 25.7 Å². The van der Waals surface area contributed by atoms with E-state index in [1.54, 1.807) is 30.0 Å². The molecule has 0 bridgehead atoms. The van der Waals surface area contributed by atoms with Crippen LogP contribution in [-0.4, -0.2) is 57.3 Å². The molecule has 2 aliphatic rings. The van der Waals surface area contributed by atoms with Crippen molar-refractivity contribution in [1.82, 2.24) is 19.4 Å². The number of aromatic nitrogens is 2. The maximum Gasteiger partial charge on any atom is 0.261 e. The number of amides is 2. The zero-order valence-corrected chi connectivity index (χ0v) is 17.0. The highest BCUT2D eigenvalue weighted by atomic mass is 16.2. The van der Waals surface area contributed by atoms with Crippen molar-refractivity contribution in [3.05, 3.63) is 40.4 Å². The highest BCUT2D eigenvalue weighted by Gasteiger charge is 2.29. The van der Waals surface area contributed by atoms with Crippen LogP contribution in [0.1, 0.15) is 37.9 Å². The van der Waals surface area contributed by atoms with Gasteiger partial charge in [0.15, 0.2) is 0 Å². The number of aryl methyl sites for hydroxylation is 1. The van der Waals surface area contributed by atoms with Gasteiger partial charge in [0.1, 0.15) is 12.4 Å². The average molecular weight is 396 g/mol. The maximum atomic E-state index is 12.8. The van der Waals surface area contributed by atoms with Crippen molar-refractivity contribution < 1.29 is 9.59 Å². The van der Waals surface area contributed by atoms with E-state index in [2.05, 4.69) is 4.98 Å². The minimum atomic E-state index is -0.187. The number of para-hydroxylation sites is 1. The molecule has 154 valence electrons.